The van der Waals surface area contributed by atoms with Crippen molar-refractivity contribution in [1.29, 1.82) is 0 Å². The van der Waals surface area contributed by atoms with Gasteiger partial charge in [0.05, 0.1) is 4.75 Å². The molecule has 1 fully saturated rings. The maximum atomic E-state index is 12.2. The first-order valence-electron chi connectivity index (χ1n) is 3.13. The molecule has 5 heteroatoms. The fourth-order valence-corrected chi connectivity index (χ4v) is 2.10. The Labute approximate surface area is 66.3 Å². The van der Waals surface area contributed by atoms with Crippen molar-refractivity contribution in [2.24, 2.45) is 0 Å². The van der Waals surface area contributed by atoms with Crippen molar-refractivity contribution in [3.8, 4) is 0 Å². The summed E-state index contributed by atoms with van der Waals surface area (Å²) in [5.41, 5.74) is 0. The Kier molecular flexibility index (Phi) is 2.11. The molecule has 0 N–H and O–H groups in total. The van der Waals surface area contributed by atoms with Gasteiger partial charge in [-0.3, -0.25) is 0 Å². The van der Waals surface area contributed by atoms with E-state index in [1.165, 1.54) is 6.26 Å². The number of hydrogen-bond donors (Lipinski definition) is 0. The van der Waals surface area contributed by atoms with Crippen molar-refractivity contribution in [3.63, 3.8) is 0 Å². The fraction of sp³-hybridized carbons (Fsp3) is 1.00. The molecule has 0 atom stereocenters. The average Bonchev–Trinajstić information content (AvgIpc) is 1.81. The zero-order valence-electron chi connectivity index (χ0n) is 5.91. The maximum Gasteiger partial charge on any atom is 0.253 e. The first-order chi connectivity index (χ1) is 4.92. The van der Waals surface area contributed by atoms with Gasteiger partial charge in [0.15, 0.2) is 0 Å². The normalized spacial score (nSPS) is 26.7. The van der Waals surface area contributed by atoms with Crippen LogP contribution in [0.2, 0.25) is 0 Å². The molecule has 11 heavy (non-hydrogen) atoms. The summed E-state index contributed by atoms with van der Waals surface area (Å²) in [5, 5.41) is 0. The van der Waals surface area contributed by atoms with Gasteiger partial charge in [-0.15, -0.1) is 0 Å². The SMILES string of the molecule is CSC1(C(F)F)CC(F)(F)C1. The van der Waals surface area contributed by atoms with E-state index < -0.39 is 29.9 Å². The zero-order valence-corrected chi connectivity index (χ0v) is 6.73. The number of hydrogen-bond acceptors (Lipinski definition) is 1. The second-order valence-corrected chi connectivity index (χ2v) is 4.00. The lowest BCUT2D eigenvalue weighted by molar-refractivity contribution is -0.131. The monoisotopic (exact) mass is 188 g/mol. The summed E-state index contributed by atoms with van der Waals surface area (Å²) in [6.45, 7) is 0. The first kappa shape index (κ1) is 9.16. The number of halogens is 4. The van der Waals surface area contributed by atoms with Gasteiger partial charge in [0, 0.05) is 12.8 Å². The van der Waals surface area contributed by atoms with Crippen LogP contribution in [0.4, 0.5) is 17.6 Å². The Bertz CT molecular complexity index is 149. The molecule has 0 nitrogen and oxygen atoms in total. The summed E-state index contributed by atoms with van der Waals surface area (Å²) in [6.07, 6.45) is -2.56. The van der Waals surface area contributed by atoms with E-state index in [0.29, 0.717) is 0 Å². The van der Waals surface area contributed by atoms with Crippen molar-refractivity contribution in [3.05, 3.63) is 0 Å². The van der Waals surface area contributed by atoms with Crippen LogP contribution in [0.3, 0.4) is 0 Å². The number of alkyl halides is 4. The highest BCUT2D eigenvalue weighted by Gasteiger charge is 2.61. The van der Waals surface area contributed by atoms with Crippen LogP contribution in [0.1, 0.15) is 12.8 Å². The van der Waals surface area contributed by atoms with Crippen LogP contribution in [0.5, 0.6) is 0 Å². The highest BCUT2D eigenvalue weighted by atomic mass is 32.2. The third kappa shape index (κ3) is 1.48. The van der Waals surface area contributed by atoms with E-state index in [2.05, 4.69) is 0 Å². The van der Waals surface area contributed by atoms with Crippen LogP contribution in [0.15, 0.2) is 0 Å². The minimum atomic E-state index is -2.86. The van der Waals surface area contributed by atoms with Gasteiger partial charge < -0.3 is 0 Å². The Balaban J connectivity index is 2.57. The minimum absolute atomic E-state index is 0.682. The maximum absolute atomic E-state index is 12.2. The molecule has 0 aromatic carbocycles. The highest BCUT2D eigenvalue weighted by Crippen LogP contribution is 2.55. The lowest BCUT2D eigenvalue weighted by atomic mass is 9.80. The summed E-state index contributed by atoms with van der Waals surface area (Å²) in [5.74, 6) is -2.86. The molecule has 1 saturated carbocycles. The molecule has 0 saturated heterocycles. The summed E-state index contributed by atoms with van der Waals surface area (Å²) >= 11 is 0.839. The average molecular weight is 188 g/mol. The minimum Gasteiger partial charge on any atom is -0.209 e. The second kappa shape index (κ2) is 2.54. The molecular weight excluding hydrogens is 180 g/mol. The van der Waals surface area contributed by atoms with Crippen molar-refractivity contribution < 1.29 is 17.6 Å². The van der Waals surface area contributed by atoms with Crippen LogP contribution < -0.4 is 0 Å². The third-order valence-corrected chi connectivity index (χ3v) is 3.20. The van der Waals surface area contributed by atoms with Crippen LogP contribution >= 0.6 is 11.8 Å². The fourth-order valence-electron chi connectivity index (χ4n) is 1.21. The van der Waals surface area contributed by atoms with Gasteiger partial charge in [0.1, 0.15) is 0 Å². The van der Waals surface area contributed by atoms with Crippen LogP contribution in [0.25, 0.3) is 0 Å². The van der Waals surface area contributed by atoms with Gasteiger partial charge in [-0.1, -0.05) is 0 Å². The van der Waals surface area contributed by atoms with Crippen LogP contribution in [-0.2, 0) is 0 Å². The molecule has 66 valence electrons. The van der Waals surface area contributed by atoms with E-state index >= 15 is 0 Å². The van der Waals surface area contributed by atoms with Gasteiger partial charge in [-0.05, 0) is 6.26 Å². The first-order valence-corrected chi connectivity index (χ1v) is 4.35. The summed E-state index contributed by atoms with van der Waals surface area (Å²) < 4.78 is 47.2. The molecule has 0 aliphatic heterocycles. The molecule has 1 aliphatic carbocycles. The van der Waals surface area contributed by atoms with Crippen LogP contribution in [-0.4, -0.2) is 23.4 Å². The smallest absolute Gasteiger partial charge is 0.209 e. The summed E-state index contributed by atoms with van der Waals surface area (Å²) in [7, 11) is 0. The van der Waals surface area contributed by atoms with Crippen molar-refractivity contribution in [2.75, 3.05) is 6.26 Å². The third-order valence-electron chi connectivity index (χ3n) is 1.92. The lowest BCUT2D eigenvalue weighted by Gasteiger charge is -2.45. The Morgan fingerprint density at radius 2 is 1.73 bits per heavy atom. The molecule has 0 amide bonds. The van der Waals surface area contributed by atoms with Crippen LogP contribution in [0, 0.1) is 0 Å². The molecule has 0 aromatic heterocycles. The summed E-state index contributed by atoms with van der Waals surface area (Å²) in [4.78, 5) is 0. The Hall–Kier alpha value is 0.0700. The van der Waals surface area contributed by atoms with Crippen molar-refractivity contribution >= 4 is 11.8 Å². The van der Waals surface area contributed by atoms with Gasteiger partial charge in [0.25, 0.3) is 12.3 Å². The molecule has 0 bridgehead atoms. The van der Waals surface area contributed by atoms with Gasteiger partial charge in [-0.2, -0.15) is 11.8 Å². The van der Waals surface area contributed by atoms with Crippen molar-refractivity contribution in [1.82, 2.24) is 0 Å². The van der Waals surface area contributed by atoms with E-state index in [0.717, 1.165) is 11.8 Å². The van der Waals surface area contributed by atoms with Gasteiger partial charge >= 0.3 is 0 Å². The molecule has 0 unspecified atom stereocenters. The van der Waals surface area contributed by atoms with E-state index in [9.17, 15) is 17.6 Å². The number of rotatable bonds is 2. The van der Waals surface area contributed by atoms with E-state index in [-0.39, 0.29) is 0 Å². The van der Waals surface area contributed by atoms with E-state index in [4.69, 9.17) is 0 Å². The van der Waals surface area contributed by atoms with E-state index in [1.807, 2.05) is 0 Å². The van der Waals surface area contributed by atoms with Crippen molar-refractivity contribution in [2.45, 2.75) is 29.9 Å². The van der Waals surface area contributed by atoms with Gasteiger partial charge in [0.2, 0.25) is 0 Å². The molecule has 0 spiro atoms. The molecule has 0 aromatic rings. The Morgan fingerprint density at radius 3 is 1.82 bits per heavy atom. The molecule has 1 rings (SSSR count). The van der Waals surface area contributed by atoms with E-state index in [1.54, 1.807) is 0 Å². The topological polar surface area (TPSA) is 0 Å². The van der Waals surface area contributed by atoms with Gasteiger partial charge in [-0.25, -0.2) is 17.6 Å². The largest absolute Gasteiger partial charge is 0.253 e. The highest BCUT2D eigenvalue weighted by molar-refractivity contribution is 8.00. The Morgan fingerprint density at radius 1 is 1.27 bits per heavy atom. The second-order valence-electron chi connectivity index (χ2n) is 2.78. The number of thioether (sulfide) groups is 1. The zero-order chi connectivity index (χ0) is 8.70. The molecule has 1 aliphatic rings. The predicted molar refractivity (Wildman–Crippen MR) is 36.4 cm³/mol. The molecular formula is C6H8F4S. The summed E-state index contributed by atoms with van der Waals surface area (Å²) in [6, 6.07) is 0. The lowest BCUT2D eigenvalue weighted by Crippen LogP contribution is -2.53. The standard InChI is InChI=1S/C6H8F4S/c1-11-5(4(7)8)2-6(9,10)3-5/h4H,2-3H2,1H3. The quantitative estimate of drug-likeness (QED) is 0.600. The molecule has 0 radical (unpaired) electrons. The molecule has 0 heterocycles. The predicted octanol–water partition coefficient (Wildman–Crippen LogP) is 2.78.